The second kappa shape index (κ2) is 9.24. The van der Waals surface area contributed by atoms with E-state index in [1.165, 1.54) is 23.9 Å². The van der Waals surface area contributed by atoms with Gasteiger partial charge in [-0.1, -0.05) is 5.92 Å². The molecule has 1 aromatic rings. The van der Waals surface area contributed by atoms with Gasteiger partial charge >= 0.3 is 5.69 Å². The Bertz CT molecular complexity index is 785. The molecular formula is C20H31N3O6. The van der Waals surface area contributed by atoms with Crippen LogP contribution in [0.25, 0.3) is 0 Å². The van der Waals surface area contributed by atoms with Crippen molar-refractivity contribution in [1.82, 2.24) is 9.55 Å². The van der Waals surface area contributed by atoms with Crippen LogP contribution in [0.2, 0.25) is 0 Å². The number of ether oxygens (including phenoxy) is 4. The monoisotopic (exact) mass is 409 g/mol. The van der Waals surface area contributed by atoms with Crippen molar-refractivity contribution >= 4 is 5.82 Å². The summed E-state index contributed by atoms with van der Waals surface area (Å²) in [4.78, 5) is 15.9. The summed E-state index contributed by atoms with van der Waals surface area (Å²) in [6, 6.07) is 1.46. The maximum Gasteiger partial charge on any atom is 0.351 e. The van der Waals surface area contributed by atoms with Crippen molar-refractivity contribution in [2.75, 3.05) is 26.1 Å². The minimum absolute atomic E-state index is 0.0929. The number of terminal acetylenes is 1. The largest absolute Gasteiger partial charge is 0.386 e. The Hall–Kier alpha value is -1.96. The molecular weight excluding hydrogens is 378 g/mol. The molecule has 162 valence electrons. The molecule has 1 aliphatic heterocycles. The number of nitrogens with two attached hydrogens (primary N) is 1. The van der Waals surface area contributed by atoms with Crippen LogP contribution in [0.15, 0.2) is 17.1 Å². The smallest absolute Gasteiger partial charge is 0.351 e. The van der Waals surface area contributed by atoms with Crippen LogP contribution in [0.5, 0.6) is 0 Å². The molecule has 1 fully saturated rings. The van der Waals surface area contributed by atoms with E-state index >= 15 is 0 Å². The summed E-state index contributed by atoms with van der Waals surface area (Å²) in [7, 11) is 1.53. The van der Waals surface area contributed by atoms with Gasteiger partial charge in [-0.2, -0.15) is 4.98 Å². The van der Waals surface area contributed by atoms with E-state index in [1.54, 1.807) is 0 Å². The van der Waals surface area contributed by atoms with Crippen molar-refractivity contribution in [3.8, 4) is 12.3 Å². The molecule has 0 radical (unpaired) electrons. The highest BCUT2D eigenvalue weighted by atomic mass is 16.6. The van der Waals surface area contributed by atoms with Crippen LogP contribution in [-0.2, 0) is 18.9 Å². The molecule has 4 unspecified atom stereocenters. The molecule has 0 amide bonds. The van der Waals surface area contributed by atoms with Crippen LogP contribution in [0.4, 0.5) is 5.82 Å². The van der Waals surface area contributed by atoms with Crippen molar-refractivity contribution in [3.63, 3.8) is 0 Å². The lowest BCUT2D eigenvalue weighted by atomic mass is 9.91. The second-order valence-electron chi connectivity index (χ2n) is 8.32. The van der Waals surface area contributed by atoms with Gasteiger partial charge in [-0.3, -0.25) is 4.57 Å². The molecule has 9 heteroatoms. The fourth-order valence-corrected chi connectivity index (χ4v) is 3.74. The number of rotatable bonds is 9. The lowest BCUT2D eigenvalue weighted by molar-refractivity contribution is -0.156. The van der Waals surface area contributed by atoms with Crippen molar-refractivity contribution in [3.05, 3.63) is 22.7 Å². The Morgan fingerprint density at radius 2 is 2.07 bits per heavy atom. The third-order valence-corrected chi connectivity index (χ3v) is 4.62. The summed E-state index contributed by atoms with van der Waals surface area (Å²) in [5.41, 5.74) is 3.71. The van der Waals surface area contributed by atoms with Crippen molar-refractivity contribution in [1.29, 1.82) is 0 Å². The van der Waals surface area contributed by atoms with E-state index in [4.69, 9.17) is 31.1 Å². The number of aliphatic hydroxyl groups is 1. The molecule has 1 saturated heterocycles. The Balaban J connectivity index is 2.21. The summed E-state index contributed by atoms with van der Waals surface area (Å²) in [5.74, 6) is 2.55. The second-order valence-corrected chi connectivity index (χ2v) is 8.32. The minimum atomic E-state index is -1.12. The van der Waals surface area contributed by atoms with Crippen molar-refractivity contribution in [2.24, 2.45) is 0 Å². The Morgan fingerprint density at radius 1 is 1.38 bits per heavy atom. The first-order valence-electron chi connectivity index (χ1n) is 9.42. The van der Waals surface area contributed by atoms with E-state index < -0.39 is 41.4 Å². The van der Waals surface area contributed by atoms with Gasteiger partial charge in [-0.25, -0.2) is 4.79 Å². The predicted octanol–water partition coefficient (Wildman–Crippen LogP) is 0.713. The lowest BCUT2D eigenvalue weighted by Gasteiger charge is -2.37. The van der Waals surface area contributed by atoms with Gasteiger partial charge in [0, 0.05) is 19.7 Å². The van der Waals surface area contributed by atoms with E-state index in [9.17, 15) is 9.90 Å². The molecule has 4 atom stereocenters. The molecule has 0 aromatic carbocycles. The zero-order valence-electron chi connectivity index (χ0n) is 17.6. The molecule has 3 N–H and O–H groups in total. The summed E-state index contributed by atoms with van der Waals surface area (Å²) in [5, 5.41) is 10.9. The quantitative estimate of drug-likeness (QED) is 0.573. The van der Waals surface area contributed by atoms with Crippen LogP contribution in [0.1, 0.15) is 40.3 Å². The number of methoxy groups -OCH3 is 1. The molecule has 0 saturated carbocycles. The molecule has 9 nitrogen and oxygen atoms in total. The number of aromatic nitrogens is 2. The number of nitrogens with zero attached hydrogens (tertiary/aromatic N) is 2. The van der Waals surface area contributed by atoms with Crippen LogP contribution < -0.4 is 11.4 Å². The molecule has 0 spiro atoms. The van der Waals surface area contributed by atoms with Crippen LogP contribution in [-0.4, -0.2) is 64.5 Å². The fourth-order valence-electron chi connectivity index (χ4n) is 3.74. The van der Waals surface area contributed by atoms with Gasteiger partial charge in [0.15, 0.2) is 6.23 Å². The molecule has 1 aromatic heterocycles. The van der Waals surface area contributed by atoms with E-state index in [2.05, 4.69) is 10.9 Å². The molecule has 29 heavy (non-hydrogen) atoms. The maximum atomic E-state index is 12.2. The summed E-state index contributed by atoms with van der Waals surface area (Å²) in [6.07, 6.45) is 3.83. The first-order valence-corrected chi connectivity index (χ1v) is 9.42. The summed E-state index contributed by atoms with van der Waals surface area (Å²) >= 11 is 0. The average Bonchev–Trinajstić information content (AvgIpc) is 2.88. The Labute approximate surface area is 171 Å². The molecule has 1 aliphatic rings. The molecule has 2 heterocycles. The number of hydrogen-bond donors (Lipinski definition) is 2. The topological polar surface area (TPSA) is 118 Å². The summed E-state index contributed by atoms with van der Waals surface area (Å²) in [6.45, 7) is 8.02. The zero-order valence-corrected chi connectivity index (χ0v) is 17.6. The van der Waals surface area contributed by atoms with Crippen LogP contribution >= 0.6 is 0 Å². The molecule has 2 rings (SSSR count). The fraction of sp³-hybridized carbons (Fsp3) is 0.700. The van der Waals surface area contributed by atoms with Gasteiger partial charge in [0.25, 0.3) is 0 Å². The predicted molar refractivity (Wildman–Crippen MR) is 107 cm³/mol. The number of aliphatic hydroxyl groups excluding tert-OH is 1. The number of hydrogen-bond acceptors (Lipinski definition) is 8. The lowest BCUT2D eigenvalue weighted by Crippen LogP contribution is -2.46. The zero-order chi connectivity index (χ0) is 21.8. The van der Waals surface area contributed by atoms with Gasteiger partial charge in [0.2, 0.25) is 0 Å². The highest BCUT2D eigenvalue weighted by molar-refractivity contribution is 5.23. The van der Waals surface area contributed by atoms with E-state index in [0.29, 0.717) is 6.42 Å². The van der Waals surface area contributed by atoms with Gasteiger partial charge < -0.3 is 29.8 Å². The molecule has 0 aliphatic carbocycles. The van der Waals surface area contributed by atoms with Crippen LogP contribution in [0, 0.1) is 12.3 Å². The summed E-state index contributed by atoms with van der Waals surface area (Å²) < 4.78 is 24.3. The van der Waals surface area contributed by atoms with E-state index in [1.807, 2.05) is 27.7 Å². The van der Waals surface area contributed by atoms with Gasteiger partial charge in [0.05, 0.1) is 17.8 Å². The third kappa shape index (κ3) is 6.01. The highest BCUT2D eigenvalue weighted by Gasteiger charge is 2.48. The Kier molecular flexibility index (Phi) is 7.43. The molecule has 0 bridgehead atoms. The average molecular weight is 409 g/mol. The number of nitrogen functional groups attached to an aromatic ring is 1. The third-order valence-electron chi connectivity index (χ3n) is 4.62. The van der Waals surface area contributed by atoms with Crippen LogP contribution in [0.3, 0.4) is 0 Å². The number of anilines is 1. The first kappa shape index (κ1) is 23.3. The van der Waals surface area contributed by atoms with E-state index in [0.717, 1.165) is 0 Å². The van der Waals surface area contributed by atoms with Crippen molar-refractivity contribution < 1.29 is 24.1 Å². The van der Waals surface area contributed by atoms with Gasteiger partial charge in [-0.05, 0) is 33.8 Å². The Morgan fingerprint density at radius 3 is 2.66 bits per heavy atom. The standard InChI is InChI=1S/C20H31N3O6/c1-7-10-27-19(2,3)12-20(4,5)29-16-13(11-26-6)28-17(15(16)24)23-9-8-14(21)22-18(23)25/h1,8-9,13,15-17,24H,10-12H2,2-6H3,(H2,21,22,25). The van der Waals surface area contributed by atoms with Gasteiger partial charge in [-0.15, -0.1) is 6.42 Å². The van der Waals surface area contributed by atoms with E-state index in [-0.39, 0.29) is 19.0 Å². The SMILES string of the molecule is C#CCOC(C)(C)CC(C)(C)OC1C(COC)OC(n2ccc(N)nc2=O)C1O. The normalized spacial score (nSPS) is 25.1. The maximum absolute atomic E-state index is 12.2. The minimum Gasteiger partial charge on any atom is -0.386 e. The highest BCUT2D eigenvalue weighted by Crippen LogP contribution is 2.36. The van der Waals surface area contributed by atoms with Crippen molar-refractivity contribution in [2.45, 2.75) is 69.9 Å². The first-order chi connectivity index (χ1) is 13.5. The van der Waals surface area contributed by atoms with Gasteiger partial charge in [0.1, 0.15) is 30.7 Å².